The smallest absolute Gasteiger partial charge is 0.275 e. The van der Waals surface area contributed by atoms with Crippen molar-refractivity contribution in [3.8, 4) is 5.75 Å². The van der Waals surface area contributed by atoms with E-state index in [4.69, 9.17) is 32.7 Å². The summed E-state index contributed by atoms with van der Waals surface area (Å²) in [6.45, 7) is 6.25. The summed E-state index contributed by atoms with van der Waals surface area (Å²) in [6.07, 6.45) is 4.40. The first-order chi connectivity index (χ1) is 16.9. The monoisotopic (exact) mass is 522 g/mol. The second kappa shape index (κ2) is 11.6. The van der Waals surface area contributed by atoms with E-state index >= 15 is 0 Å². The summed E-state index contributed by atoms with van der Waals surface area (Å²) >= 11 is 12.5. The summed E-state index contributed by atoms with van der Waals surface area (Å²) in [4.78, 5) is 30.3. The molecule has 2 aromatic rings. The number of likely N-dealkylation sites (tertiary alicyclic amines) is 1. The number of nitrogens with zero attached hydrogens (tertiary/aromatic N) is 4. The van der Waals surface area contributed by atoms with Crippen LogP contribution in [-0.4, -0.2) is 77.4 Å². The Morgan fingerprint density at radius 3 is 2.71 bits per heavy atom. The maximum atomic E-state index is 13.4. The number of aromatic nitrogens is 2. The van der Waals surface area contributed by atoms with Gasteiger partial charge in [0, 0.05) is 55.8 Å². The normalized spacial score (nSPS) is 20.7. The van der Waals surface area contributed by atoms with Gasteiger partial charge in [0.2, 0.25) is 5.91 Å². The highest BCUT2D eigenvalue weighted by molar-refractivity contribution is 6.33. The lowest BCUT2D eigenvalue weighted by molar-refractivity contribution is -0.139. The van der Waals surface area contributed by atoms with Crippen LogP contribution in [0.5, 0.6) is 5.75 Å². The molecule has 0 N–H and O–H groups in total. The number of carbonyl (C=O) groups is 2. The molecule has 2 saturated heterocycles. The number of hydrogen-bond donors (Lipinski definition) is 0. The maximum Gasteiger partial charge on any atom is 0.275 e. The number of benzene rings is 1. The summed E-state index contributed by atoms with van der Waals surface area (Å²) in [6, 6.07) is 7.21. The highest BCUT2D eigenvalue weighted by Crippen LogP contribution is 2.36. The van der Waals surface area contributed by atoms with Gasteiger partial charge in [-0.2, -0.15) is 5.10 Å². The van der Waals surface area contributed by atoms with Crippen molar-refractivity contribution in [2.75, 3.05) is 46.0 Å². The van der Waals surface area contributed by atoms with E-state index < -0.39 is 5.41 Å². The third-order valence-electron chi connectivity index (χ3n) is 6.55. The zero-order valence-corrected chi connectivity index (χ0v) is 21.6. The van der Waals surface area contributed by atoms with Gasteiger partial charge in [0.1, 0.15) is 5.75 Å². The first-order valence-electron chi connectivity index (χ1n) is 12.2. The van der Waals surface area contributed by atoms with Crippen LogP contribution in [0.25, 0.3) is 0 Å². The Morgan fingerprint density at radius 2 is 1.97 bits per heavy atom. The number of amides is 2. The summed E-state index contributed by atoms with van der Waals surface area (Å²) in [5.41, 5.74) is -0.282. The maximum absolute atomic E-state index is 13.4. The Kier molecular flexibility index (Phi) is 8.57. The average molecular weight is 523 g/mol. The fourth-order valence-corrected chi connectivity index (χ4v) is 5.18. The van der Waals surface area contributed by atoms with Gasteiger partial charge in [0.25, 0.3) is 5.91 Å². The van der Waals surface area contributed by atoms with Gasteiger partial charge in [-0.05, 0) is 37.5 Å². The van der Waals surface area contributed by atoms with Gasteiger partial charge < -0.3 is 19.3 Å². The number of carbonyl (C=O) groups excluding carboxylic acids is 2. The minimum atomic E-state index is -0.538. The molecule has 2 fully saturated rings. The van der Waals surface area contributed by atoms with Crippen LogP contribution in [-0.2, 0) is 16.1 Å². The molecule has 4 rings (SSSR count). The summed E-state index contributed by atoms with van der Waals surface area (Å²) in [5.74, 6) is 0.485. The molecule has 0 bridgehead atoms. The van der Waals surface area contributed by atoms with Gasteiger partial charge in [0.15, 0.2) is 5.69 Å². The zero-order valence-electron chi connectivity index (χ0n) is 20.0. The molecule has 1 aromatic carbocycles. The minimum absolute atomic E-state index is 0.0579. The molecular formula is C25H32Cl2N4O4. The molecule has 10 heteroatoms. The van der Waals surface area contributed by atoms with Crippen LogP contribution in [0.1, 0.15) is 43.1 Å². The van der Waals surface area contributed by atoms with Crippen LogP contribution in [0.2, 0.25) is 10.0 Å². The van der Waals surface area contributed by atoms with Gasteiger partial charge in [-0.25, -0.2) is 0 Å². The quantitative estimate of drug-likeness (QED) is 0.520. The molecule has 2 amide bonds. The van der Waals surface area contributed by atoms with Crippen molar-refractivity contribution in [1.29, 1.82) is 0 Å². The molecule has 1 aromatic heterocycles. The summed E-state index contributed by atoms with van der Waals surface area (Å²) in [7, 11) is 0. The number of rotatable bonds is 8. The van der Waals surface area contributed by atoms with Gasteiger partial charge in [-0.1, -0.05) is 36.2 Å². The van der Waals surface area contributed by atoms with Crippen molar-refractivity contribution in [3.63, 3.8) is 0 Å². The molecule has 2 aliphatic heterocycles. The molecule has 190 valence electrons. The third-order valence-corrected chi connectivity index (χ3v) is 7.06. The fraction of sp³-hybridized carbons (Fsp3) is 0.560. The molecule has 0 radical (unpaired) electrons. The van der Waals surface area contributed by atoms with Crippen LogP contribution < -0.4 is 4.74 Å². The van der Waals surface area contributed by atoms with E-state index in [1.54, 1.807) is 27.9 Å². The average Bonchev–Trinajstić information content (AvgIpc) is 3.23. The summed E-state index contributed by atoms with van der Waals surface area (Å²) in [5, 5.41) is 5.35. The lowest BCUT2D eigenvalue weighted by Crippen LogP contribution is -2.52. The largest absolute Gasteiger partial charge is 0.493 e. The van der Waals surface area contributed by atoms with Gasteiger partial charge in [-0.15, -0.1) is 0 Å². The van der Waals surface area contributed by atoms with Crippen molar-refractivity contribution in [2.45, 2.75) is 39.2 Å². The SMILES string of the molecule is CCCn1cc(Cl)c(C(=O)N2CCC[C@@](COc3cccc(Cl)c3)(CC(=O)N3CCOCC3)C2)n1. The predicted molar refractivity (Wildman–Crippen MR) is 134 cm³/mol. The Morgan fingerprint density at radius 1 is 1.17 bits per heavy atom. The van der Waals surface area contributed by atoms with E-state index in [0.29, 0.717) is 68.3 Å². The first-order valence-corrected chi connectivity index (χ1v) is 12.9. The van der Waals surface area contributed by atoms with Crippen LogP contribution >= 0.6 is 23.2 Å². The fourth-order valence-electron chi connectivity index (χ4n) is 4.77. The predicted octanol–water partition coefficient (Wildman–Crippen LogP) is 4.15. The van der Waals surface area contributed by atoms with Crippen molar-refractivity contribution >= 4 is 35.0 Å². The van der Waals surface area contributed by atoms with E-state index in [2.05, 4.69) is 5.10 Å². The Labute approximate surface area is 216 Å². The van der Waals surface area contributed by atoms with E-state index in [9.17, 15) is 9.59 Å². The van der Waals surface area contributed by atoms with Crippen molar-refractivity contribution < 1.29 is 19.1 Å². The van der Waals surface area contributed by atoms with Crippen LogP contribution in [0.3, 0.4) is 0 Å². The zero-order chi connectivity index (χ0) is 24.8. The molecule has 8 nitrogen and oxygen atoms in total. The van der Waals surface area contributed by atoms with Crippen molar-refractivity contribution in [2.24, 2.45) is 5.41 Å². The second-order valence-electron chi connectivity index (χ2n) is 9.33. The molecule has 3 heterocycles. The Bertz CT molecular complexity index is 1040. The number of aryl methyl sites for hydroxylation is 1. The second-order valence-corrected chi connectivity index (χ2v) is 10.2. The highest BCUT2D eigenvalue weighted by atomic mass is 35.5. The van der Waals surface area contributed by atoms with Gasteiger partial charge >= 0.3 is 0 Å². The van der Waals surface area contributed by atoms with Crippen LogP contribution in [0.4, 0.5) is 0 Å². The molecular weight excluding hydrogens is 491 g/mol. The van der Waals surface area contributed by atoms with Crippen molar-refractivity contribution in [3.05, 3.63) is 46.2 Å². The van der Waals surface area contributed by atoms with Crippen LogP contribution in [0.15, 0.2) is 30.5 Å². The number of hydrogen-bond acceptors (Lipinski definition) is 5. The minimum Gasteiger partial charge on any atom is -0.493 e. The molecule has 0 aliphatic carbocycles. The van der Waals surface area contributed by atoms with E-state index in [0.717, 1.165) is 19.3 Å². The van der Waals surface area contributed by atoms with E-state index in [1.165, 1.54) is 0 Å². The highest BCUT2D eigenvalue weighted by Gasteiger charge is 2.42. The molecule has 0 unspecified atom stereocenters. The Balaban J connectivity index is 1.54. The molecule has 0 spiro atoms. The topological polar surface area (TPSA) is 76.9 Å². The van der Waals surface area contributed by atoms with Gasteiger partial charge in [0.05, 0.1) is 24.8 Å². The number of halogens is 2. The lowest BCUT2D eigenvalue weighted by atomic mass is 9.77. The molecule has 2 aliphatic rings. The lowest BCUT2D eigenvalue weighted by Gasteiger charge is -2.43. The van der Waals surface area contributed by atoms with Gasteiger partial charge in [-0.3, -0.25) is 14.3 Å². The number of ether oxygens (including phenoxy) is 2. The molecule has 0 saturated carbocycles. The van der Waals surface area contributed by atoms with E-state index in [1.807, 2.05) is 24.0 Å². The first kappa shape index (κ1) is 25.8. The van der Waals surface area contributed by atoms with Crippen LogP contribution in [0, 0.1) is 5.41 Å². The third kappa shape index (κ3) is 6.48. The molecule has 35 heavy (non-hydrogen) atoms. The summed E-state index contributed by atoms with van der Waals surface area (Å²) < 4.78 is 13.3. The Hall–Kier alpha value is -2.29. The molecule has 1 atom stereocenters. The van der Waals surface area contributed by atoms with E-state index in [-0.39, 0.29) is 23.9 Å². The number of morpholine rings is 1. The van der Waals surface area contributed by atoms with Crippen molar-refractivity contribution in [1.82, 2.24) is 19.6 Å². The standard InChI is InChI=1S/C25H32Cl2N4O4/c1-2-8-31-16-21(27)23(28-31)24(33)30-9-4-7-25(17-30,15-22(32)29-10-12-34-13-11-29)18-35-20-6-3-5-19(26)14-20/h3,5-6,14,16H,2,4,7-13,15,17-18H2,1H3/t25-/m1/s1. The number of piperidine rings is 1.